The van der Waals surface area contributed by atoms with Crippen LogP contribution in [0.4, 0.5) is 0 Å². The third-order valence-electron chi connectivity index (χ3n) is 6.04. The summed E-state index contributed by atoms with van der Waals surface area (Å²) in [5.41, 5.74) is 2.10. The molecule has 1 N–H and O–H groups in total. The molecule has 26 heavy (non-hydrogen) atoms. The second kappa shape index (κ2) is 7.28. The summed E-state index contributed by atoms with van der Waals surface area (Å²) < 4.78 is 2.20. The molecule has 0 atom stereocenters. The number of aryl methyl sites for hydroxylation is 1. The van der Waals surface area contributed by atoms with E-state index >= 15 is 0 Å². The van der Waals surface area contributed by atoms with Crippen molar-refractivity contribution in [2.75, 3.05) is 13.1 Å². The van der Waals surface area contributed by atoms with Crippen molar-refractivity contribution in [2.24, 2.45) is 13.0 Å². The summed E-state index contributed by atoms with van der Waals surface area (Å²) in [6, 6.07) is 13.9. The smallest absolute Gasteiger partial charge is 0.251 e. The highest BCUT2D eigenvalue weighted by molar-refractivity contribution is 5.94. The highest BCUT2D eigenvalue weighted by Crippen LogP contribution is 2.40. The van der Waals surface area contributed by atoms with Gasteiger partial charge in [-0.25, -0.2) is 0 Å². The first kappa shape index (κ1) is 17.3. The number of likely N-dealkylation sites (tertiary alicyclic amines) is 1. The number of amides is 1. The molecule has 1 saturated heterocycles. The molecule has 2 fully saturated rings. The van der Waals surface area contributed by atoms with Gasteiger partial charge in [0.05, 0.1) is 0 Å². The van der Waals surface area contributed by atoms with Gasteiger partial charge in [-0.15, -0.1) is 0 Å². The van der Waals surface area contributed by atoms with E-state index in [-0.39, 0.29) is 11.4 Å². The minimum atomic E-state index is -0.0290. The van der Waals surface area contributed by atoms with E-state index in [0.29, 0.717) is 0 Å². The van der Waals surface area contributed by atoms with Gasteiger partial charge in [-0.05, 0) is 49.4 Å². The van der Waals surface area contributed by atoms with Gasteiger partial charge in [-0.1, -0.05) is 31.0 Å². The molecule has 1 aromatic heterocycles. The van der Waals surface area contributed by atoms with Crippen LogP contribution in [0.3, 0.4) is 0 Å². The molecule has 0 unspecified atom stereocenters. The fraction of sp³-hybridized carbons (Fsp3) is 0.500. The van der Waals surface area contributed by atoms with Crippen LogP contribution in [0, 0.1) is 5.92 Å². The summed E-state index contributed by atoms with van der Waals surface area (Å²) >= 11 is 0. The molecule has 1 saturated carbocycles. The molecule has 1 aliphatic carbocycles. The molecule has 1 aromatic carbocycles. The molecule has 1 aliphatic heterocycles. The highest BCUT2D eigenvalue weighted by Gasteiger charge is 2.40. The van der Waals surface area contributed by atoms with Crippen LogP contribution < -0.4 is 5.32 Å². The fourth-order valence-corrected chi connectivity index (χ4v) is 4.19. The van der Waals surface area contributed by atoms with Crippen molar-refractivity contribution in [3.8, 4) is 0 Å². The fourth-order valence-electron chi connectivity index (χ4n) is 4.19. The monoisotopic (exact) mass is 351 g/mol. The average molecular weight is 351 g/mol. The number of rotatable bonds is 6. The second-order valence-electron chi connectivity index (χ2n) is 8.13. The SMILES string of the molecule is Cn1cccc1CN1CCC(CC2CC2)(NC(=O)c2ccccc2)CC1. The van der Waals surface area contributed by atoms with Crippen LogP contribution in [0.1, 0.15) is 48.2 Å². The van der Waals surface area contributed by atoms with Crippen molar-refractivity contribution in [2.45, 2.75) is 44.2 Å². The van der Waals surface area contributed by atoms with Crippen molar-refractivity contribution in [1.29, 1.82) is 0 Å². The Morgan fingerprint density at radius 2 is 1.85 bits per heavy atom. The number of carbonyl (C=O) groups is 1. The van der Waals surface area contributed by atoms with Gasteiger partial charge in [0.1, 0.15) is 0 Å². The quantitative estimate of drug-likeness (QED) is 0.863. The Morgan fingerprint density at radius 3 is 2.46 bits per heavy atom. The predicted molar refractivity (Wildman–Crippen MR) is 104 cm³/mol. The Labute approximate surface area is 156 Å². The number of nitrogens with one attached hydrogen (secondary N) is 1. The van der Waals surface area contributed by atoms with Crippen LogP contribution in [-0.2, 0) is 13.6 Å². The van der Waals surface area contributed by atoms with Crippen LogP contribution in [-0.4, -0.2) is 34.0 Å². The van der Waals surface area contributed by atoms with Gasteiger partial charge in [0.15, 0.2) is 0 Å². The maximum absolute atomic E-state index is 12.8. The molecule has 4 rings (SSSR count). The van der Waals surface area contributed by atoms with Crippen molar-refractivity contribution in [3.05, 3.63) is 59.9 Å². The van der Waals surface area contributed by atoms with Crippen molar-refractivity contribution >= 4 is 5.91 Å². The molecule has 0 spiro atoms. The van der Waals surface area contributed by atoms with Crippen molar-refractivity contribution in [1.82, 2.24) is 14.8 Å². The van der Waals surface area contributed by atoms with Gasteiger partial charge in [0.2, 0.25) is 0 Å². The van der Waals surface area contributed by atoms with E-state index in [2.05, 4.69) is 40.2 Å². The second-order valence-corrected chi connectivity index (χ2v) is 8.13. The maximum Gasteiger partial charge on any atom is 0.251 e. The van der Waals surface area contributed by atoms with Crippen LogP contribution in [0.25, 0.3) is 0 Å². The predicted octanol–water partition coefficient (Wildman–Crippen LogP) is 3.59. The standard InChI is InChI=1S/C22H29N3O/c1-24-13-5-8-20(24)17-25-14-11-22(12-15-25,16-18-9-10-18)23-21(26)19-6-3-2-4-7-19/h2-8,13,18H,9-12,14-17H2,1H3,(H,23,26). The van der Waals surface area contributed by atoms with E-state index in [9.17, 15) is 4.79 Å². The van der Waals surface area contributed by atoms with Gasteiger partial charge < -0.3 is 9.88 Å². The lowest BCUT2D eigenvalue weighted by Crippen LogP contribution is -2.55. The van der Waals surface area contributed by atoms with Gasteiger partial charge in [0.25, 0.3) is 5.91 Å². The zero-order valence-electron chi connectivity index (χ0n) is 15.7. The summed E-state index contributed by atoms with van der Waals surface area (Å²) in [6.07, 6.45) is 8.01. The van der Waals surface area contributed by atoms with E-state index in [0.717, 1.165) is 50.4 Å². The topological polar surface area (TPSA) is 37.3 Å². The number of aromatic nitrogens is 1. The molecule has 4 heteroatoms. The molecule has 0 radical (unpaired) electrons. The number of carbonyl (C=O) groups excluding carboxylic acids is 1. The lowest BCUT2D eigenvalue weighted by Gasteiger charge is -2.43. The largest absolute Gasteiger partial charge is 0.353 e. The summed E-state index contributed by atoms with van der Waals surface area (Å²) in [6.45, 7) is 3.09. The lowest BCUT2D eigenvalue weighted by molar-refractivity contribution is 0.0767. The summed E-state index contributed by atoms with van der Waals surface area (Å²) in [5.74, 6) is 0.896. The van der Waals surface area contributed by atoms with Crippen LogP contribution in [0.15, 0.2) is 48.7 Å². The summed E-state index contributed by atoms with van der Waals surface area (Å²) in [7, 11) is 2.11. The molecule has 4 nitrogen and oxygen atoms in total. The van der Waals surface area contributed by atoms with Crippen LogP contribution in [0.2, 0.25) is 0 Å². The lowest BCUT2D eigenvalue weighted by atomic mass is 9.82. The van der Waals surface area contributed by atoms with E-state index in [1.54, 1.807) is 0 Å². The first-order chi connectivity index (χ1) is 12.6. The Bertz CT molecular complexity index is 740. The van der Waals surface area contributed by atoms with Crippen molar-refractivity contribution in [3.63, 3.8) is 0 Å². The molecular formula is C22H29N3O. The summed E-state index contributed by atoms with van der Waals surface area (Å²) in [5, 5.41) is 3.44. The maximum atomic E-state index is 12.8. The zero-order chi connectivity index (χ0) is 18.0. The first-order valence-electron chi connectivity index (χ1n) is 9.84. The third kappa shape index (κ3) is 4.01. The minimum absolute atomic E-state index is 0.0290. The number of piperidine rings is 1. The molecule has 0 bridgehead atoms. The van der Waals surface area contributed by atoms with Crippen LogP contribution in [0.5, 0.6) is 0 Å². The van der Waals surface area contributed by atoms with Gasteiger partial charge >= 0.3 is 0 Å². The molecule has 1 amide bonds. The highest BCUT2D eigenvalue weighted by atomic mass is 16.1. The Kier molecular flexibility index (Phi) is 4.86. The number of hydrogen-bond donors (Lipinski definition) is 1. The third-order valence-corrected chi connectivity index (χ3v) is 6.04. The molecule has 2 aliphatic rings. The van der Waals surface area contributed by atoms with Gasteiger partial charge in [0, 0.05) is 49.7 Å². The Balaban J connectivity index is 1.41. The minimum Gasteiger partial charge on any atom is -0.353 e. The average Bonchev–Trinajstić information content (AvgIpc) is 3.38. The molecule has 2 heterocycles. The van der Waals surface area contributed by atoms with Crippen molar-refractivity contribution < 1.29 is 4.79 Å². The molecular weight excluding hydrogens is 322 g/mol. The zero-order valence-corrected chi connectivity index (χ0v) is 15.7. The first-order valence-corrected chi connectivity index (χ1v) is 9.84. The van der Waals surface area contributed by atoms with E-state index < -0.39 is 0 Å². The van der Waals surface area contributed by atoms with E-state index in [1.807, 2.05) is 30.3 Å². The van der Waals surface area contributed by atoms with Gasteiger partial charge in [-0.2, -0.15) is 0 Å². The summed E-state index contributed by atoms with van der Waals surface area (Å²) in [4.78, 5) is 15.3. The van der Waals surface area contributed by atoms with E-state index in [1.165, 1.54) is 18.5 Å². The molecule has 2 aromatic rings. The number of nitrogens with zero attached hydrogens (tertiary/aromatic N) is 2. The Morgan fingerprint density at radius 1 is 1.12 bits per heavy atom. The normalized spacial score (nSPS) is 20.0. The van der Waals surface area contributed by atoms with Crippen LogP contribution >= 0.6 is 0 Å². The number of benzene rings is 1. The van der Waals surface area contributed by atoms with Gasteiger partial charge in [-0.3, -0.25) is 9.69 Å². The molecule has 138 valence electrons. The number of hydrogen-bond acceptors (Lipinski definition) is 2. The Hall–Kier alpha value is -2.07. The van der Waals surface area contributed by atoms with E-state index in [4.69, 9.17) is 0 Å².